The molecule has 0 saturated heterocycles. The van der Waals surface area contributed by atoms with Crippen molar-refractivity contribution in [2.24, 2.45) is 0 Å². The molecule has 0 atom stereocenters. The molecule has 0 radical (unpaired) electrons. The number of methoxy groups -OCH3 is 1. The van der Waals surface area contributed by atoms with Crippen LogP contribution in [0, 0.1) is 0 Å². The first kappa shape index (κ1) is 11.0. The van der Waals surface area contributed by atoms with E-state index in [1.807, 2.05) is 18.2 Å². The van der Waals surface area contributed by atoms with Crippen LogP contribution in [0.4, 0.5) is 0 Å². The van der Waals surface area contributed by atoms with Gasteiger partial charge in [-0.05, 0) is 12.0 Å². The van der Waals surface area contributed by atoms with Crippen molar-refractivity contribution >= 4 is 6.08 Å². The monoisotopic (exact) mass is 192 g/mol. The molecule has 14 heavy (non-hydrogen) atoms. The van der Waals surface area contributed by atoms with E-state index in [-0.39, 0.29) is 0 Å². The van der Waals surface area contributed by atoms with E-state index in [2.05, 4.69) is 24.3 Å². The molecular weight excluding hydrogens is 176 g/mol. The van der Waals surface area contributed by atoms with Crippen molar-refractivity contribution in [3.63, 3.8) is 0 Å². The van der Waals surface area contributed by atoms with Crippen molar-refractivity contribution in [2.45, 2.75) is 6.42 Å². The number of ether oxygens (including phenoxy) is 2. The Balaban J connectivity index is 2.15. The lowest BCUT2D eigenvalue weighted by Crippen LogP contribution is -1.96. The first-order valence-electron chi connectivity index (χ1n) is 4.72. The summed E-state index contributed by atoms with van der Waals surface area (Å²) >= 11 is 0. The molecule has 0 aliphatic heterocycles. The van der Waals surface area contributed by atoms with Gasteiger partial charge >= 0.3 is 0 Å². The zero-order valence-electron chi connectivity index (χ0n) is 8.48. The molecule has 2 heteroatoms. The Morgan fingerprint density at radius 3 is 2.71 bits per heavy atom. The van der Waals surface area contributed by atoms with E-state index in [1.165, 1.54) is 5.56 Å². The highest BCUT2D eigenvalue weighted by Crippen LogP contribution is 2.01. The maximum absolute atomic E-state index is 5.15. The van der Waals surface area contributed by atoms with Crippen LogP contribution in [0.15, 0.2) is 36.4 Å². The second-order valence-electron chi connectivity index (χ2n) is 2.92. The zero-order chi connectivity index (χ0) is 10.1. The normalized spacial score (nSPS) is 10.9. The molecule has 0 aliphatic carbocycles. The molecule has 1 aromatic rings. The van der Waals surface area contributed by atoms with Crippen molar-refractivity contribution in [1.29, 1.82) is 0 Å². The highest BCUT2D eigenvalue weighted by Gasteiger charge is 1.84. The lowest BCUT2D eigenvalue weighted by atomic mass is 10.2. The van der Waals surface area contributed by atoms with Gasteiger partial charge in [-0.15, -0.1) is 0 Å². The molecule has 0 amide bonds. The minimum absolute atomic E-state index is 0.374. The van der Waals surface area contributed by atoms with E-state index in [0.29, 0.717) is 13.4 Å². The van der Waals surface area contributed by atoms with E-state index < -0.39 is 0 Å². The van der Waals surface area contributed by atoms with E-state index >= 15 is 0 Å². The molecule has 1 rings (SSSR count). The van der Waals surface area contributed by atoms with Gasteiger partial charge in [0.05, 0.1) is 6.61 Å². The Labute approximate surface area is 85.2 Å². The number of benzene rings is 1. The fourth-order valence-corrected chi connectivity index (χ4v) is 1.08. The van der Waals surface area contributed by atoms with Gasteiger partial charge in [0, 0.05) is 7.11 Å². The molecule has 1 aromatic carbocycles. The summed E-state index contributed by atoms with van der Waals surface area (Å²) in [6.07, 6.45) is 5.11. The summed E-state index contributed by atoms with van der Waals surface area (Å²) in [6, 6.07) is 10.2. The van der Waals surface area contributed by atoms with Gasteiger partial charge in [-0.1, -0.05) is 42.5 Å². The lowest BCUT2D eigenvalue weighted by molar-refractivity contribution is -0.0285. The molecule has 0 fully saturated rings. The highest BCUT2D eigenvalue weighted by molar-refractivity contribution is 5.48. The van der Waals surface area contributed by atoms with Gasteiger partial charge < -0.3 is 9.47 Å². The highest BCUT2D eigenvalue weighted by atomic mass is 16.7. The van der Waals surface area contributed by atoms with Crippen molar-refractivity contribution in [2.75, 3.05) is 20.5 Å². The number of hydrogen-bond donors (Lipinski definition) is 0. The summed E-state index contributed by atoms with van der Waals surface area (Å²) in [7, 11) is 1.62. The maximum atomic E-state index is 5.15. The van der Waals surface area contributed by atoms with Gasteiger partial charge in [0.2, 0.25) is 0 Å². The van der Waals surface area contributed by atoms with Crippen LogP contribution < -0.4 is 0 Å². The average molecular weight is 192 g/mol. The van der Waals surface area contributed by atoms with Crippen LogP contribution in [0.3, 0.4) is 0 Å². The first-order chi connectivity index (χ1) is 6.93. The van der Waals surface area contributed by atoms with E-state index in [9.17, 15) is 0 Å². The number of rotatable bonds is 6. The topological polar surface area (TPSA) is 18.5 Å². The van der Waals surface area contributed by atoms with Crippen LogP contribution >= 0.6 is 0 Å². The van der Waals surface area contributed by atoms with Gasteiger partial charge in [0.15, 0.2) is 0 Å². The second kappa shape index (κ2) is 7.30. The second-order valence-corrected chi connectivity index (χ2v) is 2.92. The van der Waals surface area contributed by atoms with Crippen molar-refractivity contribution in [3.05, 3.63) is 42.0 Å². The first-order valence-corrected chi connectivity index (χ1v) is 4.72. The maximum Gasteiger partial charge on any atom is 0.146 e. The molecular formula is C12H16O2. The van der Waals surface area contributed by atoms with Gasteiger partial charge in [0.25, 0.3) is 0 Å². The van der Waals surface area contributed by atoms with Crippen LogP contribution in [0.5, 0.6) is 0 Å². The molecule has 0 bridgehead atoms. The summed E-state index contributed by atoms with van der Waals surface area (Å²) in [5.41, 5.74) is 1.22. The van der Waals surface area contributed by atoms with Crippen LogP contribution in [0.2, 0.25) is 0 Å². The van der Waals surface area contributed by atoms with E-state index in [4.69, 9.17) is 9.47 Å². The standard InChI is InChI=1S/C12H16O2/c1-13-11-14-10-6-5-9-12-7-3-2-4-8-12/h2-5,7-9H,6,10-11H2,1H3/b9-5+. The van der Waals surface area contributed by atoms with E-state index in [0.717, 1.165) is 6.42 Å². The third-order valence-electron chi connectivity index (χ3n) is 1.74. The van der Waals surface area contributed by atoms with Gasteiger partial charge in [-0.25, -0.2) is 0 Å². The largest absolute Gasteiger partial charge is 0.359 e. The molecule has 0 spiro atoms. The Morgan fingerprint density at radius 1 is 1.21 bits per heavy atom. The average Bonchev–Trinajstić information content (AvgIpc) is 2.25. The van der Waals surface area contributed by atoms with Crippen molar-refractivity contribution in [3.8, 4) is 0 Å². The van der Waals surface area contributed by atoms with Gasteiger partial charge in [-0.3, -0.25) is 0 Å². The fraction of sp³-hybridized carbons (Fsp3) is 0.333. The predicted octanol–water partition coefficient (Wildman–Crippen LogP) is 2.71. The minimum atomic E-state index is 0.374. The third-order valence-corrected chi connectivity index (χ3v) is 1.74. The summed E-state index contributed by atoms with van der Waals surface area (Å²) in [5, 5.41) is 0. The summed E-state index contributed by atoms with van der Waals surface area (Å²) < 4.78 is 9.91. The predicted molar refractivity (Wildman–Crippen MR) is 57.9 cm³/mol. The molecule has 0 unspecified atom stereocenters. The zero-order valence-corrected chi connectivity index (χ0v) is 8.48. The number of hydrogen-bond acceptors (Lipinski definition) is 2. The Morgan fingerprint density at radius 2 is 2.00 bits per heavy atom. The molecule has 0 saturated carbocycles. The molecule has 0 heterocycles. The summed E-state index contributed by atoms with van der Waals surface area (Å²) in [5.74, 6) is 0. The van der Waals surface area contributed by atoms with Crippen molar-refractivity contribution in [1.82, 2.24) is 0 Å². The van der Waals surface area contributed by atoms with Crippen LogP contribution in [0.25, 0.3) is 6.08 Å². The SMILES string of the molecule is COCOCC/C=C/c1ccccc1. The minimum Gasteiger partial charge on any atom is -0.359 e. The molecule has 2 nitrogen and oxygen atoms in total. The molecule has 76 valence electrons. The van der Waals surface area contributed by atoms with Crippen LogP contribution in [-0.2, 0) is 9.47 Å². The lowest BCUT2D eigenvalue weighted by Gasteiger charge is -1.98. The Bertz CT molecular complexity index is 254. The third kappa shape index (κ3) is 4.80. The quantitative estimate of drug-likeness (QED) is 0.509. The van der Waals surface area contributed by atoms with Crippen LogP contribution in [0.1, 0.15) is 12.0 Å². The summed E-state index contributed by atoms with van der Waals surface area (Å²) in [6.45, 7) is 1.08. The van der Waals surface area contributed by atoms with E-state index in [1.54, 1.807) is 7.11 Å². The smallest absolute Gasteiger partial charge is 0.146 e. The Hall–Kier alpha value is -1.12. The van der Waals surface area contributed by atoms with Gasteiger partial charge in [0.1, 0.15) is 6.79 Å². The molecule has 0 aromatic heterocycles. The molecule has 0 N–H and O–H groups in total. The summed E-state index contributed by atoms with van der Waals surface area (Å²) in [4.78, 5) is 0. The molecule has 0 aliphatic rings. The van der Waals surface area contributed by atoms with Crippen LogP contribution in [-0.4, -0.2) is 20.5 Å². The van der Waals surface area contributed by atoms with Crippen molar-refractivity contribution < 1.29 is 9.47 Å². The van der Waals surface area contributed by atoms with Gasteiger partial charge in [-0.2, -0.15) is 0 Å². The Kier molecular flexibility index (Phi) is 5.71. The fourth-order valence-electron chi connectivity index (χ4n) is 1.08.